The molecular weight excluding hydrogens is 280 g/mol. The summed E-state index contributed by atoms with van der Waals surface area (Å²) in [6.07, 6.45) is 2.42. The van der Waals surface area contributed by atoms with E-state index in [0.717, 1.165) is 16.7 Å². The summed E-state index contributed by atoms with van der Waals surface area (Å²) in [7, 11) is 0. The third-order valence-corrected chi connectivity index (χ3v) is 3.29. The Morgan fingerprint density at radius 2 is 2.24 bits per heavy atom. The lowest BCUT2D eigenvalue weighted by Crippen LogP contribution is -2.30. The van der Waals surface area contributed by atoms with E-state index in [-0.39, 0.29) is 6.04 Å². The second kappa shape index (κ2) is 5.49. The molecule has 90 valence electrons. The Morgan fingerprint density at radius 3 is 2.82 bits per heavy atom. The summed E-state index contributed by atoms with van der Waals surface area (Å²) in [5, 5.41) is 0. The first kappa shape index (κ1) is 12.4. The topological polar surface area (TPSA) is 51.2 Å². The van der Waals surface area contributed by atoms with Crippen molar-refractivity contribution in [1.82, 2.24) is 5.43 Å². The lowest BCUT2D eigenvalue weighted by Gasteiger charge is -2.17. The second-order valence-corrected chi connectivity index (χ2v) is 4.92. The Kier molecular flexibility index (Phi) is 3.99. The highest BCUT2D eigenvalue weighted by atomic mass is 79.9. The maximum Gasteiger partial charge on any atom is 0.105 e. The maximum atomic E-state index is 5.62. The first-order chi connectivity index (χ1) is 8.20. The molecule has 17 heavy (non-hydrogen) atoms. The molecule has 1 atom stereocenters. The van der Waals surface area contributed by atoms with Gasteiger partial charge in [-0.05, 0) is 42.3 Å². The molecule has 3 N–H and O–H groups in total. The van der Waals surface area contributed by atoms with Gasteiger partial charge in [0.1, 0.15) is 5.76 Å². The molecule has 2 rings (SSSR count). The number of furan rings is 1. The quantitative estimate of drug-likeness (QED) is 0.673. The van der Waals surface area contributed by atoms with Gasteiger partial charge in [-0.15, -0.1) is 0 Å². The van der Waals surface area contributed by atoms with Crippen LogP contribution in [0.2, 0.25) is 0 Å². The summed E-state index contributed by atoms with van der Waals surface area (Å²) in [6, 6.07) is 10.1. The normalized spacial score (nSPS) is 12.6. The monoisotopic (exact) mass is 294 g/mol. The Morgan fingerprint density at radius 1 is 1.41 bits per heavy atom. The van der Waals surface area contributed by atoms with Crippen molar-refractivity contribution in [2.45, 2.75) is 19.4 Å². The van der Waals surface area contributed by atoms with E-state index in [1.165, 1.54) is 11.1 Å². The lowest BCUT2D eigenvalue weighted by atomic mass is 9.98. The minimum absolute atomic E-state index is 0.0641. The first-order valence-electron chi connectivity index (χ1n) is 5.45. The molecule has 0 bridgehead atoms. The van der Waals surface area contributed by atoms with E-state index >= 15 is 0 Å². The molecule has 3 nitrogen and oxygen atoms in total. The van der Waals surface area contributed by atoms with E-state index < -0.39 is 0 Å². The second-order valence-electron chi connectivity index (χ2n) is 4.00. The van der Waals surface area contributed by atoms with Gasteiger partial charge in [-0.1, -0.05) is 22.0 Å². The Balaban J connectivity index is 2.23. The molecule has 0 saturated carbocycles. The smallest absolute Gasteiger partial charge is 0.105 e. The molecule has 1 unspecified atom stereocenters. The third-order valence-electron chi connectivity index (χ3n) is 2.79. The molecule has 0 radical (unpaired) electrons. The fourth-order valence-electron chi connectivity index (χ4n) is 1.92. The van der Waals surface area contributed by atoms with E-state index in [4.69, 9.17) is 10.3 Å². The van der Waals surface area contributed by atoms with Gasteiger partial charge in [0.2, 0.25) is 0 Å². The fourth-order valence-corrected chi connectivity index (χ4v) is 2.39. The van der Waals surface area contributed by atoms with E-state index in [2.05, 4.69) is 40.4 Å². The van der Waals surface area contributed by atoms with Crippen molar-refractivity contribution in [2.24, 2.45) is 5.84 Å². The van der Waals surface area contributed by atoms with E-state index in [9.17, 15) is 0 Å². The van der Waals surface area contributed by atoms with Crippen LogP contribution in [0.15, 0.2) is 45.5 Å². The van der Waals surface area contributed by atoms with Crippen molar-refractivity contribution < 1.29 is 4.42 Å². The molecule has 0 saturated heterocycles. The van der Waals surface area contributed by atoms with Crippen molar-refractivity contribution in [3.8, 4) is 0 Å². The zero-order valence-electron chi connectivity index (χ0n) is 9.61. The van der Waals surface area contributed by atoms with Crippen LogP contribution in [0.5, 0.6) is 0 Å². The van der Waals surface area contributed by atoms with Crippen LogP contribution in [0.3, 0.4) is 0 Å². The number of hydrazine groups is 1. The van der Waals surface area contributed by atoms with Gasteiger partial charge in [-0.2, -0.15) is 0 Å². The number of nitrogens with two attached hydrogens (primary N) is 1. The number of rotatable bonds is 4. The number of aryl methyl sites for hydroxylation is 1. The third kappa shape index (κ3) is 2.97. The van der Waals surface area contributed by atoms with Crippen LogP contribution in [0, 0.1) is 6.92 Å². The van der Waals surface area contributed by atoms with Gasteiger partial charge in [0, 0.05) is 10.9 Å². The van der Waals surface area contributed by atoms with Crippen molar-refractivity contribution in [2.75, 3.05) is 0 Å². The molecular formula is C13H15BrN2O. The summed E-state index contributed by atoms with van der Waals surface area (Å²) in [5.41, 5.74) is 5.23. The number of benzene rings is 1. The lowest BCUT2D eigenvalue weighted by molar-refractivity contribution is 0.454. The highest BCUT2D eigenvalue weighted by molar-refractivity contribution is 9.10. The average molecular weight is 295 g/mol. The molecule has 0 spiro atoms. The summed E-state index contributed by atoms with van der Waals surface area (Å²) < 4.78 is 6.42. The summed E-state index contributed by atoms with van der Waals surface area (Å²) >= 11 is 3.46. The summed E-state index contributed by atoms with van der Waals surface area (Å²) in [5.74, 6) is 6.55. The average Bonchev–Trinajstić information content (AvgIpc) is 2.79. The van der Waals surface area contributed by atoms with Crippen molar-refractivity contribution >= 4 is 15.9 Å². The van der Waals surface area contributed by atoms with Crippen LogP contribution in [0.25, 0.3) is 0 Å². The molecule has 0 aliphatic heterocycles. The molecule has 0 amide bonds. The van der Waals surface area contributed by atoms with Gasteiger partial charge in [0.25, 0.3) is 0 Å². The molecule has 0 aliphatic rings. The van der Waals surface area contributed by atoms with Crippen molar-refractivity contribution in [3.05, 3.63) is 58.0 Å². The van der Waals surface area contributed by atoms with Crippen LogP contribution in [0.4, 0.5) is 0 Å². The van der Waals surface area contributed by atoms with Crippen molar-refractivity contribution in [3.63, 3.8) is 0 Å². The largest absolute Gasteiger partial charge is 0.469 e. The molecule has 0 aliphatic carbocycles. The highest BCUT2D eigenvalue weighted by Crippen LogP contribution is 2.24. The van der Waals surface area contributed by atoms with Crippen LogP contribution < -0.4 is 11.3 Å². The van der Waals surface area contributed by atoms with Gasteiger partial charge in [0.15, 0.2) is 0 Å². The zero-order chi connectivity index (χ0) is 12.3. The van der Waals surface area contributed by atoms with Gasteiger partial charge in [-0.3, -0.25) is 11.3 Å². The first-order valence-corrected chi connectivity index (χ1v) is 6.24. The SMILES string of the molecule is Cc1cc(Br)ccc1C(Cc1ccco1)NN. The fraction of sp³-hybridized carbons (Fsp3) is 0.231. The van der Waals surface area contributed by atoms with Crippen LogP contribution in [0.1, 0.15) is 22.9 Å². The Hall–Kier alpha value is -1.10. The van der Waals surface area contributed by atoms with Gasteiger partial charge < -0.3 is 4.42 Å². The Bertz CT molecular complexity index is 482. The van der Waals surface area contributed by atoms with E-state index in [1.54, 1.807) is 6.26 Å². The standard InChI is InChI=1S/C13H15BrN2O/c1-9-7-10(14)4-5-12(9)13(16-15)8-11-3-2-6-17-11/h2-7,13,16H,8,15H2,1H3. The molecule has 0 fully saturated rings. The number of nitrogens with one attached hydrogen (secondary N) is 1. The van der Waals surface area contributed by atoms with Crippen LogP contribution in [-0.2, 0) is 6.42 Å². The van der Waals surface area contributed by atoms with Crippen LogP contribution in [-0.4, -0.2) is 0 Å². The Labute approximate surface area is 109 Å². The minimum atomic E-state index is 0.0641. The van der Waals surface area contributed by atoms with E-state index in [0.29, 0.717) is 0 Å². The number of hydrogen-bond acceptors (Lipinski definition) is 3. The number of hydrogen-bond donors (Lipinski definition) is 2. The minimum Gasteiger partial charge on any atom is -0.469 e. The molecule has 4 heteroatoms. The van der Waals surface area contributed by atoms with Crippen LogP contribution >= 0.6 is 15.9 Å². The molecule has 2 aromatic rings. The van der Waals surface area contributed by atoms with Gasteiger partial charge in [0.05, 0.1) is 12.3 Å². The maximum absolute atomic E-state index is 5.62. The van der Waals surface area contributed by atoms with Gasteiger partial charge >= 0.3 is 0 Å². The predicted octanol–water partition coefficient (Wildman–Crippen LogP) is 3.10. The highest BCUT2D eigenvalue weighted by Gasteiger charge is 2.14. The summed E-state index contributed by atoms with van der Waals surface area (Å²) in [4.78, 5) is 0. The predicted molar refractivity (Wildman–Crippen MR) is 71.4 cm³/mol. The molecule has 1 heterocycles. The van der Waals surface area contributed by atoms with Gasteiger partial charge in [-0.25, -0.2) is 0 Å². The summed E-state index contributed by atoms with van der Waals surface area (Å²) in [6.45, 7) is 2.08. The van der Waals surface area contributed by atoms with Crippen molar-refractivity contribution in [1.29, 1.82) is 0 Å². The molecule has 1 aromatic carbocycles. The molecule has 1 aromatic heterocycles. The number of halogens is 1. The zero-order valence-corrected chi connectivity index (χ0v) is 11.2. The van der Waals surface area contributed by atoms with E-state index in [1.807, 2.05) is 18.2 Å².